The van der Waals surface area contributed by atoms with Crippen LogP contribution in [0.4, 0.5) is 5.82 Å². The molecule has 96 valence electrons. The molecule has 4 nitrogen and oxygen atoms in total. The van der Waals surface area contributed by atoms with E-state index in [1.165, 1.54) is 0 Å². The predicted octanol–water partition coefficient (Wildman–Crippen LogP) is 2.31. The Hall–Kier alpha value is -1.33. The number of aromatic nitrogens is 1. The fraction of sp³-hybridized carbons (Fsp3) is 0.462. The van der Waals surface area contributed by atoms with Crippen molar-refractivity contribution in [2.24, 2.45) is 0 Å². The van der Waals surface area contributed by atoms with Crippen LogP contribution in [0.5, 0.6) is 0 Å². The number of hydrogen-bond acceptors (Lipinski definition) is 4. The lowest BCUT2D eigenvalue weighted by atomic mass is 9.89. The van der Waals surface area contributed by atoms with Gasteiger partial charge in [0, 0.05) is 6.20 Å². The van der Waals surface area contributed by atoms with Gasteiger partial charge in [-0.3, -0.25) is 0 Å². The number of rotatable bonds is 2. The van der Waals surface area contributed by atoms with Crippen molar-refractivity contribution in [3.05, 3.63) is 29.9 Å². The zero-order valence-electron chi connectivity index (χ0n) is 11.3. The highest BCUT2D eigenvalue weighted by atomic mass is 16.7. The molecule has 0 aromatic carbocycles. The van der Waals surface area contributed by atoms with Gasteiger partial charge in [0.05, 0.1) is 11.2 Å². The van der Waals surface area contributed by atoms with E-state index in [9.17, 15) is 0 Å². The van der Waals surface area contributed by atoms with Crippen LogP contribution in [0.1, 0.15) is 33.3 Å². The summed E-state index contributed by atoms with van der Waals surface area (Å²) >= 11 is 0. The van der Waals surface area contributed by atoms with Crippen molar-refractivity contribution in [3.8, 4) is 0 Å². The summed E-state index contributed by atoms with van der Waals surface area (Å²) in [6.07, 6.45) is 3.64. The molecule has 2 heterocycles. The van der Waals surface area contributed by atoms with Gasteiger partial charge in [-0.25, -0.2) is 4.98 Å². The van der Waals surface area contributed by atoms with Crippen molar-refractivity contribution < 1.29 is 9.31 Å². The molecule has 0 unspecified atom stereocenters. The fourth-order valence-electron chi connectivity index (χ4n) is 1.67. The molecule has 1 aliphatic heterocycles. The zero-order valence-corrected chi connectivity index (χ0v) is 11.3. The Bertz CT molecular complexity index is 439. The second-order valence-electron chi connectivity index (χ2n) is 5.50. The topological polar surface area (TPSA) is 57.4 Å². The summed E-state index contributed by atoms with van der Waals surface area (Å²) in [7, 11) is -0.326. The van der Waals surface area contributed by atoms with Crippen LogP contribution in [0, 0.1) is 0 Å². The molecule has 1 aromatic heterocycles. The first-order valence-corrected chi connectivity index (χ1v) is 6.05. The molecule has 0 amide bonds. The summed E-state index contributed by atoms with van der Waals surface area (Å²) in [6.45, 7) is 8.13. The van der Waals surface area contributed by atoms with Gasteiger partial charge in [-0.2, -0.15) is 0 Å². The van der Waals surface area contributed by atoms with Crippen molar-refractivity contribution in [2.45, 2.75) is 38.9 Å². The molecule has 2 N–H and O–H groups in total. The number of anilines is 1. The maximum Gasteiger partial charge on any atom is 0.487 e. The summed E-state index contributed by atoms with van der Waals surface area (Å²) < 4.78 is 11.7. The summed E-state index contributed by atoms with van der Waals surface area (Å²) in [5, 5.41) is 0. The van der Waals surface area contributed by atoms with Gasteiger partial charge in [-0.05, 0) is 45.4 Å². The Morgan fingerprint density at radius 3 is 2.28 bits per heavy atom. The van der Waals surface area contributed by atoms with Crippen LogP contribution < -0.4 is 5.73 Å². The van der Waals surface area contributed by atoms with Crippen molar-refractivity contribution in [1.29, 1.82) is 0 Å². The fourth-order valence-corrected chi connectivity index (χ4v) is 1.67. The van der Waals surface area contributed by atoms with E-state index in [0.717, 1.165) is 5.56 Å². The van der Waals surface area contributed by atoms with Crippen molar-refractivity contribution in [2.75, 3.05) is 5.73 Å². The first-order chi connectivity index (χ1) is 8.30. The molecule has 0 bridgehead atoms. The molecule has 2 rings (SSSR count). The van der Waals surface area contributed by atoms with E-state index in [4.69, 9.17) is 15.0 Å². The normalized spacial score (nSPS) is 21.7. The van der Waals surface area contributed by atoms with E-state index in [0.29, 0.717) is 5.82 Å². The van der Waals surface area contributed by atoms with Gasteiger partial charge in [0.2, 0.25) is 0 Å². The van der Waals surface area contributed by atoms with E-state index < -0.39 is 0 Å². The highest BCUT2D eigenvalue weighted by Gasteiger charge is 2.49. The molecular weight excluding hydrogens is 227 g/mol. The Balaban J connectivity index is 2.06. The highest BCUT2D eigenvalue weighted by Crippen LogP contribution is 2.36. The molecule has 0 spiro atoms. The Morgan fingerprint density at radius 1 is 1.17 bits per heavy atom. The second kappa shape index (κ2) is 4.41. The number of hydrogen-bond donors (Lipinski definition) is 1. The number of nitrogens with zero attached hydrogens (tertiary/aromatic N) is 1. The zero-order chi connectivity index (χ0) is 13.4. The summed E-state index contributed by atoms with van der Waals surface area (Å²) in [4.78, 5) is 4.03. The van der Waals surface area contributed by atoms with E-state index in [-0.39, 0.29) is 18.3 Å². The quantitative estimate of drug-likeness (QED) is 0.813. The van der Waals surface area contributed by atoms with Gasteiger partial charge in [0.1, 0.15) is 5.82 Å². The van der Waals surface area contributed by atoms with Crippen LogP contribution >= 0.6 is 0 Å². The molecule has 1 fully saturated rings. The van der Waals surface area contributed by atoms with E-state index in [1.54, 1.807) is 12.3 Å². The van der Waals surface area contributed by atoms with Crippen LogP contribution in [0.2, 0.25) is 0 Å². The van der Waals surface area contributed by atoms with Gasteiger partial charge in [-0.15, -0.1) is 0 Å². The van der Waals surface area contributed by atoms with Gasteiger partial charge in [0.15, 0.2) is 0 Å². The van der Waals surface area contributed by atoms with Crippen LogP contribution in [-0.2, 0) is 9.31 Å². The van der Waals surface area contributed by atoms with Crippen LogP contribution in [0.3, 0.4) is 0 Å². The second-order valence-corrected chi connectivity index (χ2v) is 5.50. The third kappa shape index (κ3) is 2.57. The smallest absolute Gasteiger partial charge is 0.400 e. The predicted molar refractivity (Wildman–Crippen MR) is 73.8 cm³/mol. The Morgan fingerprint density at radius 2 is 1.78 bits per heavy atom. The molecule has 0 atom stereocenters. The molecule has 5 heteroatoms. The lowest BCUT2D eigenvalue weighted by molar-refractivity contribution is 0.00578. The molecular formula is C13H19BN2O2. The Kier molecular flexibility index (Phi) is 3.21. The maximum atomic E-state index is 5.86. The van der Waals surface area contributed by atoms with Crippen LogP contribution in [-0.4, -0.2) is 23.3 Å². The standard InChI is InChI=1S/C13H19BN2O2/c1-12(2)13(3,4)18-14(17-12)8-7-10-5-6-11(15)16-9-10/h5-9H,1-4H3,(H2,15,16)/b8-7+. The molecule has 1 saturated heterocycles. The minimum absolute atomic E-state index is 0.304. The van der Waals surface area contributed by atoms with Crippen molar-refractivity contribution in [3.63, 3.8) is 0 Å². The van der Waals surface area contributed by atoms with Gasteiger partial charge < -0.3 is 15.0 Å². The first kappa shape index (κ1) is 13.1. The SMILES string of the molecule is CC1(C)OB(/C=C/c2ccc(N)nc2)OC1(C)C. The van der Waals surface area contributed by atoms with Crippen molar-refractivity contribution in [1.82, 2.24) is 4.98 Å². The van der Waals surface area contributed by atoms with Gasteiger partial charge >= 0.3 is 7.12 Å². The van der Waals surface area contributed by atoms with E-state index >= 15 is 0 Å². The summed E-state index contributed by atoms with van der Waals surface area (Å²) in [5.41, 5.74) is 5.89. The average Bonchev–Trinajstić information content (AvgIpc) is 2.47. The minimum atomic E-state index is -0.326. The molecule has 0 radical (unpaired) electrons. The average molecular weight is 246 g/mol. The van der Waals surface area contributed by atoms with E-state index in [2.05, 4.69) is 4.98 Å². The molecule has 18 heavy (non-hydrogen) atoms. The van der Waals surface area contributed by atoms with Crippen LogP contribution in [0.25, 0.3) is 6.08 Å². The molecule has 0 saturated carbocycles. The third-order valence-corrected chi connectivity index (χ3v) is 3.53. The Labute approximate surface area is 108 Å². The summed E-state index contributed by atoms with van der Waals surface area (Å²) in [6, 6.07) is 3.67. The number of pyridine rings is 1. The first-order valence-electron chi connectivity index (χ1n) is 6.05. The largest absolute Gasteiger partial charge is 0.487 e. The number of nitrogen functional groups attached to an aromatic ring is 1. The highest BCUT2D eigenvalue weighted by molar-refractivity contribution is 6.52. The number of nitrogens with two attached hydrogens (primary N) is 1. The third-order valence-electron chi connectivity index (χ3n) is 3.53. The molecule has 0 aliphatic carbocycles. The minimum Gasteiger partial charge on any atom is -0.400 e. The maximum absolute atomic E-state index is 5.86. The van der Waals surface area contributed by atoms with Gasteiger partial charge in [0.25, 0.3) is 0 Å². The lowest BCUT2D eigenvalue weighted by Crippen LogP contribution is -2.41. The molecule has 1 aliphatic rings. The molecule has 1 aromatic rings. The lowest BCUT2D eigenvalue weighted by Gasteiger charge is -2.32. The monoisotopic (exact) mass is 246 g/mol. The van der Waals surface area contributed by atoms with E-state index in [1.807, 2.05) is 45.8 Å². The van der Waals surface area contributed by atoms with Gasteiger partial charge in [-0.1, -0.05) is 12.1 Å². The van der Waals surface area contributed by atoms with Crippen molar-refractivity contribution >= 4 is 19.0 Å². The summed E-state index contributed by atoms with van der Waals surface area (Å²) in [5.74, 6) is 2.41. The van der Waals surface area contributed by atoms with Crippen LogP contribution in [0.15, 0.2) is 24.3 Å².